The molecule has 152 valence electrons. The molecule has 0 heterocycles. The molecule has 0 atom stereocenters. The quantitative estimate of drug-likeness (QED) is 0.370. The van der Waals surface area contributed by atoms with E-state index in [2.05, 4.69) is 41.5 Å². The summed E-state index contributed by atoms with van der Waals surface area (Å²) in [6.45, 7) is 7.51. The number of rotatable bonds is 17. The number of likely N-dealkylation sites (N-methyl/N-ethyl adjacent to an activating group) is 1. The van der Waals surface area contributed by atoms with Gasteiger partial charge in [0.15, 0.2) is 0 Å². The molecule has 0 aliphatic heterocycles. The Bertz CT molecular complexity index is 539. The van der Waals surface area contributed by atoms with Gasteiger partial charge in [0, 0.05) is 25.7 Å². The molecule has 0 saturated heterocycles. The zero-order valence-corrected chi connectivity index (χ0v) is 17.6. The van der Waals surface area contributed by atoms with E-state index >= 15 is 0 Å². The van der Waals surface area contributed by atoms with Gasteiger partial charge in [0.1, 0.15) is 5.78 Å². The molecular weight excluding hydrogens is 332 g/mol. The fourth-order valence-corrected chi connectivity index (χ4v) is 3.33. The number of carbonyl (C=O) groups is 1. The van der Waals surface area contributed by atoms with Crippen molar-refractivity contribution in [3.63, 3.8) is 0 Å². The first-order valence-corrected chi connectivity index (χ1v) is 10.8. The Kier molecular flexibility index (Phi) is 13.4. The summed E-state index contributed by atoms with van der Waals surface area (Å²) in [6, 6.07) is 8.94. The third-order valence-electron chi connectivity index (χ3n) is 5.08. The van der Waals surface area contributed by atoms with Crippen LogP contribution in [0.3, 0.4) is 0 Å². The number of unbranched alkanes of at least 4 members (excludes halogenated alkanes) is 6. The van der Waals surface area contributed by atoms with E-state index in [0.717, 1.165) is 31.6 Å². The van der Waals surface area contributed by atoms with E-state index in [1.807, 2.05) is 7.05 Å². The van der Waals surface area contributed by atoms with Gasteiger partial charge in [-0.3, -0.25) is 0 Å². The predicted octanol–water partition coefficient (Wildman–Crippen LogP) is 5.19. The molecule has 0 bridgehead atoms. The monoisotopic (exact) mass is 372 g/mol. The summed E-state index contributed by atoms with van der Waals surface area (Å²) in [5.74, 6) is 0.325. The van der Waals surface area contributed by atoms with Crippen LogP contribution in [0.15, 0.2) is 36.5 Å². The first-order valence-electron chi connectivity index (χ1n) is 10.8. The second-order valence-electron chi connectivity index (χ2n) is 7.58. The van der Waals surface area contributed by atoms with Gasteiger partial charge >= 0.3 is 0 Å². The Morgan fingerprint density at radius 2 is 1.44 bits per heavy atom. The first-order chi connectivity index (χ1) is 13.1. The fourth-order valence-electron chi connectivity index (χ4n) is 3.33. The molecular formula is C24H40N2O. The Labute approximate surface area is 167 Å². The lowest BCUT2D eigenvalue weighted by molar-refractivity contribution is -0.117. The highest BCUT2D eigenvalue weighted by Crippen LogP contribution is 2.16. The maximum Gasteiger partial charge on any atom is 0.129 e. The van der Waals surface area contributed by atoms with Crippen LogP contribution in [-0.4, -0.2) is 25.9 Å². The SMILES string of the molecule is C=C(CNCCCCc1ccccc1CCCCCCCCC(C)=O)NC. The van der Waals surface area contributed by atoms with Gasteiger partial charge in [0.2, 0.25) is 0 Å². The average molecular weight is 373 g/mol. The van der Waals surface area contributed by atoms with Crippen molar-refractivity contribution in [2.75, 3.05) is 20.1 Å². The molecule has 3 heteroatoms. The maximum atomic E-state index is 10.9. The second kappa shape index (κ2) is 15.4. The number of Topliss-reactive ketones (excluding diaryl/α,β-unsaturated/α-hetero) is 1. The highest BCUT2D eigenvalue weighted by atomic mass is 16.1. The molecule has 0 spiro atoms. The van der Waals surface area contributed by atoms with E-state index in [4.69, 9.17) is 0 Å². The van der Waals surface area contributed by atoms with Crippen molar-refractivity contribution in [3.05, 3.63) is 47.7 Å². The van der Waals surface area contributed by atoms with Crippen LogP contribution in [0.1, 0.15) is 75.8 Å². The van der Waals surface area contributed by atoms with Gasteiger partial charge in [-0.2, -0.15) is 0 Å². The number of benzene rings is 1. The molecule has 0 amide bonds. The second-order valence-corrected chi connectivity index (χ2v) is 7.58. The summed E-state index contributed by atoms with van der Waals surface area (Å²) >= 11 is 0. The van der Waals surface area contributed by atoms with Crippen LogP contribution in [0.25, 0.3) is 0 Å². The van der Waals surface area contributed by atoms with Crippen molar-refractivity contribution in [2.24, 2.45) is 0 Å². The minimum atomic E-state index is 0.325. The normalized spacial score (nSPS) is 10.7. The van der Waals surface area contributed by atoms with E-state index in [1.165, 1.54) is 68.9 Å². The van der Waals surface area contributed by atoms with E-state index in [9.17, 15) is 4.79 Å². The van der Waals surface area contributed by atoms with Crippen molar-refractivity contribution >= 4 is 5.78 Å². The number of hydrogen-bond donors (Lipinski definition) is 2. The average Bonchev–Trinajstić information content (AvgIpc) is 2.67. The standard InChI is InChI=1S/C24H40N2O/c1-21(25-3)20-26-19-13-12-18-24-17-11-10-16-23(24)15-9-7-5-4-6-8-14-22(2)27/h10-11,16-17,25-26H,1,4-9,12-15,18-20H2,2-3H3. The summed E-state index contributed by atoms with van der Waals surface area (Å²) in [7, 11) is 1.91. The smallest absolute Gasteiger partial charge is 0.129 e. The van der Waals surface area contributed by atoms with Crippen LogP contribution in [0.2, 0.25) is 0 Å². The van der Waals surface area contributed by atoms with Crippen molar-refractivity contribution in [3.8, 4) is 0 Å². The Morgan fingerprint density at radius 1 is 0.889 bits per heavy atom. The summed E-state index contributed by atoms with van der Waals surface area (Å²) in [4.78, 5) is 10.9. The van der Waals surface area contributed by atoms with Gasteiger partial charge in [-0.25, -0.2) is 0 Å². The van der Waals surface area contributed by atoms with Crippen LogP contribution in [0.5, 0.6) is 0 Å². The van der Waals surface area contributed by atoms with Crippen molar-refractivity contribution in [1.82, 2.24) is 10.6 Å². The fraction of sp³-hybridized carbons (Fsp3) is 0.625. The summed E-state index contributed by atoms with van der Waals surface area (Å²) < 4.78 is 0. The molecule has 27 heavy (non-hydrogen) atoms. The number of nitrogens with one attached hydrogen (secondary N) is 2. The van der Waals surface area contributed by atoms with Crippen molar-refractivity contribution in [2.45, 2.75) is 77.6 Å². The van der Waals surface area contributed by atoms with Gasteiger partial charge in [-0.1, -0.05) is 56.5 Å². The van der Waals surface area contributed by atoms with Crippen LogP contribution >= 0.6 is 0 Å². The molecule has 2 N–H and O–H groups in total. The molecule has 1 aromatic carbocycles. The predicted molar refractivity (Wildman–Crippen MR) is 117 cm³/mol. The molecule has 0 saturated carbocycles. The number of aryl methyl sites for hydroxylation is 2. The topological polar surface area (TPSA) is 41.1 Å². The number of carbonyl (C=O) groups excluding carboxylic acids is 1. The summed E-state index contributed by atoms with van der Waals surface area (Å²) in [5, 5.41) is 6.49. The number of ketones is 1. The molecule has 0 aliphatic carbocycles. The van der Waals surface area contributed by atoms with Crippen LogP contribution < -0.4 is 10.6 Å². The summed E-state index contributed by atoms with van der Waals surface area (Å²) in [5.41, 5.74) is 4.10. The van der Waals surface area contributed by atoms with Crippen LogP contribution in [-0.2, 0) is 17.6 Å². The highest BCUT2D eigenvalue weighted by molar-refractivity contribution is 5.75. The molecule has 0 radical (unpaired) electrons. The van der Waals surface area contributed by atoms with Gasteiger partial charge in [-0.05, 0) is 63.1 Å². The highest BCUT2D eigenvalue weighted by Gasteiger charge is 2.02. The Balaban J connectivity index is 2.14. The van der Waals surface area contributed by atoms with Crippen LogP contribution in [0.4, 0.5) is 0 Å². The third-order valence-corrected chi connectivity index (χ3v) is 5.08. The van der Waals surface area contributed by atoms with E-state index in [1.54, 1.807) is 6.92 Å². The van der Waals surface area contributed by atoms with E-state index in [0.29, 0.717) is 5.78 Å². The van der Waals surface area contributed by atoms with Gasteiger partial charge < -0.3 is 15.4 Å². The van der Waals surface area contributed by atoms with Gasteiger partial charge in [0.05, 0.1) is 0 Å². The van der Waals surface area contributed by atoms with Gasteiger partial charge in [0.25, 0.3) is 0 Å². The summed E-state index contributed by atoms with van der Waals surface area (Å²) in [6.07, 6.45) is 13.0. The van der Waals surface area contributed by atoms with Gasteiger partial charge in [-0.15, -0.1) is 0 Å². The van der Waals surface area contributed by atoms with Crippen molar-refractivity contribution < 1.29 is 4.79 Å². The first kappa shape index (κ1) is 23.4. The molecule has 0 fully saturated rings. The van der Waals surface area contributed by atoms with Crippen molar-refractivity contribution in [1.29, 1.82) is 0 Å². The Morgan fingerprint density at radius 3 is 2.04 bits per heavy atom. The molecule has 0 aromatic heterocycles. The van der Waals surface area contributed by atoms with E-state index in [-0.39, 0.29) is 0 Å². The van der Waals surface area contributed by atoms with E-state index < -0.39 is 0 Å². The maximum absolute atomic E-state index is 10.9. The minimum absolute atomic E-state index is 0.325. The Hall–Kier alpha value is -1.61. The van der Waals surface area contributed by atoms with Crippen LogP contribution in [0, 0.1) is 0 Å². The minimum Gasteiger partial charge on any atom is -0.391 e. The molecule has 0 aliphatic rings. The molecule has 1 rings (SSSR count). The molecule has 3 nitrogen and oxygen atoms in total. The number of hydrogen-bond acceptors (Lipinski definition) is 3. The lowest BCUT2D eigenvalue weighted by Crippen LogP contribution is -2.23. The molecule has 1 aromatic rings. The lowest BCUT2D eigenvalue weighted by Gasteiger charge is -2.10. The molecule has 0 unspecified atom stereocenters. The zero-order chi connectivity index (χ0) is 19.7. The lowest BCUT2D eigenvalue weighted by atomic mass is 9.97. The zero-order valence-electron chi connectivity index (χ0n) is 17.6. The largest absolute Gasteiger partial charge is 0.391 e. The third kappa shape index (κ3) is 12.4.